The zero-order valence-electron chi connectivity index (χ0n) is 17.0. The summed E-state index contributed by atoms with van der Waals surface area (Å²) in [4.78, 5) is 25.1. The van der Waals surface area contributed by atoms with E-state index in [1.807, 2.05) is 36.4 Å². The number of halogens is 2. The largest absolute Gasteiger partial charge is 0.478 e. The number of hydrogen-bond donors (Lipinski definition) is 2. The molecule has 160 valence electrons. The van der Waals surface area contributed by atoms with E-state index in [9.17, 15) is 14.7 Å². The van der Waals surface area contributed by atoms with Crippen molar-refractivity contribution >= 4 is 41.2 Å². The third-order valence-corrected chi connectivity index (χ3v) is 5.29. The van der Waals surface area contributed by atoms with Crippen LogP contribution in [0.15, 0.2) is 77.1 Å². The average Bonchev–Trinajstić information content (AvgIpc) is 2.70. The minimum absolute atomic E-state index is 0.0377. The Balaban J connectivity index is 1.91. The number of esters is 1. The summed E-state index contributed by atoms with van der Waals surface area (Å²) in [5, 5.41) is 13.5. The second kappa shape index (κ2) is 9.86. The number of allylic oxidation sites excluding steroid dienone is 2. The monoisotopic (exact) mass is 457 g/mol. The smallest absolute Gasteiger partial charge is 0.337 e. The van der Waals surface area contributed by atoms with E-state index in [0.717, 1.165) is 5.56 Å². The molecule has 0 aliphatic carbocycles. The maximum Gasteiger partial charge on any atom is 0.337 e. The molecule has 31 heavy (non-hydrogen) atoms. The highest BCUT2D eigenvalue weighted by Gasteiger charge is 2.37. The molecule has 0 fully saturated rings. The van der Waals surface area contributed by atoms with Crippen LogP contribution in [0.25, 0.3) is 6.08 Å². The summed E-state index contributed by atoms with van der Waals surface area (Å²) in [7, 11) is 0. The molecule has 0 saturated heterocycles. The molecule has 1 unspecified atom stereocenters. The lowest BCUT2D eigenvalue weighted by Gasteiger charge is -2.29. The molecule has 0 bridgehead atoms. The molecule has 2 aromatic carbocycles. The molecule has 5 nitrogen and oxygen atoms in total. The van der Waals surface area contributed by atoms with Gasteiger partial charge in [0.15, 0.2) is 0 Å². The number of nitrogens with one attached hydrogen (secondary N) is 1. The Bertz CT molecular complexity index is 1080. The SMILES string of the molecule is CC1=C(C(=O)O)C(c2cc(Cl)cc(Cl)c2)C(C(=O)OC/C=C/c2ccccc2)=C(C)N1. The van der Waals surface area contributed by atoms with Gasteiger partial charge in [0.1, 0.15) is 6.61 Å². The predicted molar refractivity (Wildman–Crippen MR) is 122 cm³/mol. The van der Waals surface area contributed by atoms with Crippen LogP contribution in [0.5, 0.6) is 0 Å². The normalized spacial score (nSPS) is 16.5. The van der Waals surface area contributed by atoms with Crippen molar-refractivity contribution in [2.75, 3.05) is 6.61 Å². The Kier molecular flexibility index (Phi) is 7.21. The van der Waals surface area contributed by atoms with Gasteiger partial charge in [-0.1, -0.05) is 59.6 Å². The first kappa shape index (κ1) is 22.7. The summed E-state index contributed by atoms with van der Waals surface area (Å²) < 4.78 is 5.44. The number of rotatable bonds is 6. The number of hydrogen-bond acceptors (Lipinski definition) is 4. The number of carbonyl (C=O) groups excluding carboxylic acids is 1. The summed E-state index contributed by atoms with van der Waals surface area (Å²) in [6, 6.07) is 14.4. The molecule has 0 radical (unpaired) electrons. The highest BCUT2D eigenvalue weighted by molar-refractivity contribution is 6.34. The van der Waals surface area contributed by atoms with Crippen LogP contribution < -0.4 is 5.32 Å². The van der Waals surface area contributed by atoms with E-state index in [-0.39, 0.29) is 17.8 Å². The van der Waals surface area contributed by atoms with Crippen molar-refractivity contribution in [3.8, 4) is 0 Å². The van der Waals surface area contributed by atoms with Gasteiger partial charge in [-0.3, -0.25) is 0 Å². The number of benzene rings is 2. The fourth-order valence-electron chi connectivity index (χ4n) is 3.57. The van der Waals surface area contributed by atoms with Crippen LogP contribution in [-0.2, 0) is 14.3 Å². The van der Waals surface area contributed by atoms with Crippen LogP contribution in [0.4, 0.5) is 0 Å². The lowest BCUT2D eigenvalue weighted by molar-refractivity contribution is -0.138. The molecule has 0 amide bonds. The van der Waals surface area contributed by atoms with E-state index in [4.69, 9.17) is 27.9 Å². The van der Waals surface area contributed by atoms with Crippen molar-refractivity contribution in [2.24, 2.45) is 0 Å². The van der Waals surface area contributed by atoms with Gasteiger partial charge in [0.25, 0.3) is 0 Å². The molecule has 1 aliphatic heterocycles. The van der Waals surface area contributed by atoms with Crippen molar-refractivity contribution in [1.29, 1.82) is 0 Å². The van der Waals surface area contributed by atoms with Crippen LogP contribution in [0.2, 0.25) is 10.0 Å². The molecule has 1 atom stereocenters. The maximum atomic E-state index is 13.0. The Labute approximate surface area is 190 Å². The molecule has 1 heterocycles. The van der Waals surface area contributed by atoms with Crippen LogP contribution in [0.1, 0.15) is 30.9 Å². The highest BCUT2D eigenvalue weighted by atomic mass is 35.5. The molecule has 0 spiro atoms. The topological polar surface area (TPSA) is 75.6 Å². The van der Waals surface area contributed by atoms with Crippen molar-refractivity contribution in [2.45, 2.75) is 19.8 Å². The molecular weight excluding hydrogens is 437 g/mol. The first-order chi connectivity index (χ1) is 14.8. The standard InChI is InChI=1S/C24H21Cl2NO4/c1-14-20(23(28)29)22(17-11-18(25)13-19(26)12-17)21(15(2)27-14)24(30)31-10-6-9-16-7-4-3-5-8-16/h3-9,11-13,22,27H,10H2,1-2H3,(H,28,29)/b9-6+. The van der Waals surface area contributed by atoms with E-state index in [1.165, 1.54) is 0 Å². The molecule has 1 aliphatic rings. The van der Waals surface area contributed by atoms with Crippen molar-refractivity contribution in [3.63, 3.8) is 0 Å². The first-order valence-electron chi connectivity index (χ1n) is 9.54. The fraction of sp³-hybridized carbons (Fsp3) is 0.167. The predicted octanol–water partition coefficient (Wildman–Crippen LogP) is 5.57. The lowest BCUT2D eigenvalue weighted by atomic mass is 9.80. The Morgan fingerprint density at radius 2 is 1.65 bits per heavy atom. The van der Waals surface area contributed by atoms with Crippen LogP contribution in [0.3, 0.4) is 0 Å². The van der Waals surface area contributed by atoms with Crippen molar-refractivity contribution in [1.82, 2.24) is 5.32 Å². The maximum absolute atomic E-state index is 13.0. The second-order valence-electron chi connectivity index (χ2n) is 7.05. The summed E-state index contributed by atoms with van der Waals surface area (Å²) in [5.41, 5.74) is 2.67. The number of carbonyl (C=O) groups is 2. The van der Waals surface area contributed by atoms with Gasteiger partial charge in [0.2, 0.25) is 0 Å². The van der Waals surface area contributed by atoms with Crippen LogP contribution in [0, 0.1) is 0 Å². The number of carboxylic acids is 1. The Morgan fingerprint density at radius 3 is 2.26 bits per heavy atom. The summed E-state index contributed by atoms with van der Waals surface area (Å²) in [6.45, 7) is 3.40. The molecule has 0 saturated carbocycles. The van der Waals surface area contributed by atoms with Gasteiger partial charge < -0.3 is 15.2 Å². The highest BCUT2D eigenvalue weighted by Crippen LogP contribution is 2.40. The number of carboxylic acid groups (broad SMARTS) is 1. The zero-order valence-corrected chi connectivity index (χ0v) is 18.5. The minimum Gasteiger partial charge on any atom is -0.478 e. The summed E-state index contributed by atoms with van der Waals surface area (Å²) in [5.74, 6) is -2.64. The van der Waals surface area contributed by atoms with E-state index >= 15 is 0 Å². The lowest BCUT2D eigenvalue weighted by Crippen LogP contribution is -2.31. The Hall–Kier alpha value is -3.02. The van der Waals surface area contributed by atoms with Gasteiger partial charge >= 0.3 is 11.9 Å². The van der Waals surface area contributed by atoms with Gasteiger partial charge in [0, 0.05) is 21.4 Å². The third-order valence-electron chi connectivity index (χ3n) is 4.85. The second-order valence-corrected chi connectivity index (χ2v) is 7.93. The van der Waals surface area contributed by atoms with Gasteiger partial charge in [-0.15, -0.1) is 0 Å². The van der Waals surface area contributed by atoms with Gasteiger partial charge in [-0.05, 0) is 49.2 Å². The first-order valence-corrected chi connectivity index (χ1v) is 10.3. The molecule has 3 rings (SSSR count). The summed E-state index contributed by atoms with van der Waals surface area (Å²) >= 11 is 12.3. The molecular formula is C24H21Cl2NO4. The molecule has 7 heteroatoms. The average molecular weight is 458 g/mol. The quantitative estimate of drug-likeness (QED) is 0.554. The van der Waals surface area contributed by atoms with Gasteiger partial charge in [-0.25, -0.2) is 9.59 Å². The summed E-state index contributed by atoms with van der Waals surface area (Å²) in [6.07, 6.45) is 3.57. The van der Waals surface area contributed by atoms with E-state index in [2.05, 4.69) is 5.32 Å². The Morgan fingerprint density at radius 1 is 1.03 bits per heavy atom. The third kappa shape index (κ3) is 5.37. The molecule has 2 N–H and O–H groups in total. The van der Waals surface area contributed by atoms with Crippen molar-refractivity contribution in [3.05, 3.63) is 98.3 Å². The van der Waals surface area contributed by atoms with E-state index in [1.54, 1.807) is 38.1 Å². The number of ether oxygens (including phenoxy) is 1. The van der Waals surface area contributed by atoms with Gasteiger partial charge in [0.05, 0.1) is 17.1 Å². The van der Waals surface area contributed by atoms with E-state index in [0.29, 0.717) is 27.0 Å². The fourth-order valence-corrected chi connectivity index (χ4v) is 4.12. The minimum atomic E-state index is -1.15. The molecule has 2 aromatic rings. The van der Waals surface area contributed by atoms with Crippen molar-refractivity contribution < 1.29 is 19.4 Å². The van der Waals surface area contributed by atoms with Crippen LogP contribution >= 0.6 is 23.2 Å². The number of aliphatic carboxylic acids is 1. The number of dihydropyridines is 1. The van der Waals surface area contributed by atoms with Crippen LogP contribution in [-0.4, -0.2) is 23.7 Å². The van der Waals surface area contributed by atoms with E-state index < -0.39 is 17.9 Å². The zero-order chi connectivity index (χ0) is 22.5. The van der Waals surface area contributed by atoms with Gasteiger partial charge in [-0.2, -0.15) is 0 Å². The molecule has 0 aromatic heterocycles.